The second-order valence-electron chi connectivity index (χ2n) is 3.49. The Labute approximate surface area is 112 Å². The van der Waals surface area contributed by atoms with Crippen LogP contribution in [0.4, 0.5) is 4.39 Å². The average molecular weight is 340 g/mol. The van der Waals surface area contributed by atoms with E-state index < -0.39 is 32.3 Å². The van der Waals surface area contributed by atoms with E-state index in [1.807, 2.05) is 0 Å². The number of carboxylic acids is 1. The largest absolute Gasteiger partial charge is 0.478 e. The van der Waals surface area contributed by atoms with Crippen molar-refractivity contribution in [3.8, 4) is 0 Å². The maximum atomic E-state index is 13.9. The van der Waals surface area contributed by atoms with E-state index >= 15 is 0 Å². The van der Waals surface area contributed by atoms with E-state index in [1.165, 1.54) is 7.05 Å². The minimum atomic E-state index is -4.03. The number of nitrogens with zero attached hydrogens (tertiary/aromatic N) is 1. The SMILES string of the molecule is CCN(C)S(=O)(=O)c1cc(Br)cc(C(=O)O)c1F. The van der Waals surface area contributed by atoms with E-state index in [4.69, 9.17) is 5.11 Å². The lowest BCUT2D eigenvalue weighted by atomic mass is 10.2. The summed E-state index contributed by atoms with van der Waals surface area (Å²) in [5.74, 6) is -2.78. The first-order chi connectivity index (χ1) is 8.21. The van der Waals surface area contributed by atoms with Crippen LogP contribution < -0.4 is 0 Å². The Morgan fingerprint density at radius 2 is 2.06 bits per heavy atom. The van der Waals surface area contributed by atoms with Crippen molar-refractivity contribution in [1.29, 1.82) is 0 Å². The molecule has 0 spiro atoms. The van der Waals surface area contributed by atoms with Crippen LogP contribution in [-0.2, 0) is 10.0 Å². The maximum absolute atomic E-state index is 13.9. The first-order valence-corrected chi connectivity index (χ1v) is 7.13. The number of carbonyl (C=O) groups is 1. The van der Waals surface area contributed by atoms with Crippen LogP contribution in [0, 0.1) is 5.82 Å². The summed E-state index contributed by atoms with van der Waals surface area (Å²) in [6.45, 7) is 1.74. The molecule has 0 heterocycles. The third kappa shape index (κ3) is 2.70. The van der Waals surface area contributed by atoms with Crippen LogP contribution in [0.1, 0.15) is 17.3 Å². The van der Waals surface area contributed by atoms with Gasteiger partial charge in [0.05, 0.1) is 5.56 Å². The Morgan fingerprint density at radius 1 is 1.50 bits per heavy atom. The van der Waals surface area contributed by atoms with Crippen LogP contribution in [0.15, 0.2) is 21.5 Å². The van der Waals surface area contributed by atoms with Crippen LogP contribution in [-0.4, -0.2) is 37.4 Å². The van der Waals surface area contributed by atoms with Crippen molar-refractivity contribution in [2.45, 2.75) is 11.8 Å². The minimum Gasteiger partial charge on any atom is -0.478 e. The van der Waals surface area contributed by atoms with E-state index in [1.54, 1.807) is 6.92 Å². The predicted octanol–water partition coefficient (Wildman–Crippen LogP) is 1.93. The predicted molar refractivity (Wildman–Crippen MR) is 66.5 cm³/mol. The molecular formula is C10H11BrFNO4S. The quantitative estimate of drug-likeness (QED) is 0.909. The number of aromatic carboxylic acids is 1. The van der Waals surface area contributed by atoms with Gasteiger partial charge in [0.15, 0.2) is 5.82 Å². The highest BCUT2D eigenvalue weighted by molar-refractivity contribution is 9.10. The van der Waals surface area contributed by atoms with Crippen LogP contribution >= 0.6 is 15.9 Å². The molecule has 0 atom stereocenters. The average Bonchev–Trinajstić information content (AvgIpc) is 2.29. The van der Waals surface area contributed by atoms with E-state index in [0.717, 1.165) is 16.4 Å². The van der Waals surface area contributed by atoms with Gasteiger partial charge in [-0.3, -0.25) is 0 Å². The number of hydrogen-bond acceptors (Lipinski definition) is 3. The number of rotatable bonds is 4. The third-order valence-corrected chi connectivity index (χ3v) is 4.76. The molecule has 0 aliphatic heterocycles. The van der Waals surface area contributed by atoms with Crippen LogP contribution in [0.5, 0.6) is 0 Å². The number of sulfonamides is 1. The van der Waals surface area contributed by atoms with E-state index in [-0.39, 0.29) is 11.0 Å². The van der Waals surface area contributed by atoms with Crippen molar-refractivity contribution in [2.75, 3.05) is 13.6 Å². The molecule has 100 valence electrons. The summed E-state index contributed by atoms with van der Waals surface area (Å²) >= 11 is 2.97. The van der Waals surface area contributed by atoms with E-state index in [9.17, 15) is 17.6 Å². The highest BCUT2D eigenvalue weighted by Gasteiger charge is 2.27. The highest BCUT2D eigenvalue weighted by atomic mass is 79.9. The Morgan fingerprint density at radius 3 is 2.50 bits per heavy atom. The number of halogens is 2. The molecule has 1 N–H and O–H groups in total. The second kappa shape index (κ2) is 5.33. The van der Waals surface area contributed by atoms with Crippen molar-refractivity contribution in [1.82, 2.24) is 4.31 Å². The van der Waals surface area contributed by atoms with Crippen molar-refractivity contribution in [2.24, 2.45) is 0 Å². The molecular weight excluding hydrogens is 329 g/mol. The molecule has 5 nitrogen and oxygen atoms in total. The summed E-state index contributed by atoms with van der Waals surface area (Å²) in [5.41, 5.74) is -0.688. The van der Waals surface area contributed by atoms with Gasteiger partial charge in [0.2, 0.25) is 10.0 Å². The van der Waals surface area contributed by atoms with Crippen molar-refractivity contribution < 1.29 is 22.7 Å². The number of carboxylic acid groups (broad SMARTS) is 1. The van der Waals surface area contributed by atoms with Crippen molar-refractivity contribution in [3.05, 3.63) is 28.0 Å². The molecule has 0 amide bonds. The normalized spacial score (nSPS) is 11.8. The van der Waals surface area contributed by atoms with Crippen LogP contribution in [0.25, 0.3) is 0 Å². The molecule has 0 saturated heterocycles. The van der Waals surface area contributed by atoms with Gasteiger partial charge in [0.1, 0.15) is 4.90 Å². The van der Waals surface area contributed by atoms with Gasteiger partial charge >= 0.3 is 5.97 Å². The Bertz CT molecular complexity index is 588. The molecule has 1 aromatic rings. The number of benzene rings is 1. The van der Waals surface area contributed by atoms with Gasteiger partial charge in [-0.15, -0.1) is 0 Å². The standard InChI is InChI=1S/C10H11BrFNO4S/c1-3-13(2)18(16,17)8-5-6(11)4-7(9(8)12)10(14)15/h4-5H,3H2,1-2H3,(H,14,15). The smallest absolute Gasteiger partial charge is 0.338 e. The monoisotopic (exact) mass is 339 g/mol. The van der Waals surface area contributed by atoms with Gasteiger partial charge in [-0.25, -0.2) is 21.9 Å². The fourth-order valence-electron chi connectivity index (χ4n) is 1.25. The van der Waals surface area contributed by atoms with E-state index in [0.29, 0.717) is 0 Å². The van der Waals surface area contributed by atoms with Crippen molar-refractivity contribution in [3.63, 3.8) is 0 Å². The highest BCUT2D eigenvalue weighted by Crippen LogP contribution is 2.26. The molecule has 18 heavy (non-hydrogen) atoms. The Kier molecular flexibility index (Phi) is 4.46. The lowest BCUT2D eigenvalue weighted by Crippen LogP contribution is -2.27. The molecule has 1 aromatic carbocycles. The lowest BCUT2D eigenvalue weighted by molar-refractivity contribution is 0.0691. The molecule has 1 rings (SSSR count). The molecule has 0 saturated carbocycles. The molecule has 0 aromatic heterocycles. The third-order valence-electron chi connectivity index (χ3n) is 2.37. The first-order valence-electron chi connectivity index (χ1n) is 4.90. The summed E-state index contributed by atoms with van der Waals surface area (Å²) in [7, 11) is -2.75. The van der Waals surface area contributed by atoms with Gasteiger partial charge < -0.3 is 5.11 Å². The summed E-state index contributed by atoms with van der Waals surface area (Å²) in [6, 6.07) is 2.06. The molecule has 0 fully saturated rings. The lowest BCUT2D eigenvalue weighted by Gasteiger charge is -2.16. The Hall–Kier alpha value is -0.990. The summed E-state index contributed by atoms with van der Waals surface area (Å²) in [5, 5.41) is 8.81. The summed E-state index contributed by atoms with van der Waals surface area (Å²) < 4.78 is 39.0. The van der Waals surface area contributed by atoms with Gasteiger partial charge in [0.25, 0.3) is 0 Å². The fourth-order valence-corrected chi connectivity index (χ4v) is 3.14. The van der Waals surface area contributed by atoms with Crippen LogP contribution in [0.3, 0.4) is 0 Å². The molecule has 0 radical (unpaired) electrons. The van der Waals surface area contributed by atoms with Gasteiger partial charge in [0, 0.05) is 18.1 Å². The molecule has 0 aliphatic rings. The van der Waals surface area contributed by atoms with Gasteiger partial charge in [-0.05, 0) is 12.1 Å². The minimum absolute atomic E-state index is 0.149. The number of hydrogen-bond donors (Lipinski definition) is 1. The first kappa shape index (κ1) is 15.1. The zero-order valence-electron chi connectivity index (χ0n) is 9.65. The van der Waals surface area contributed by atoms with Crippen molar-refractivity contribution >= 4 is 31.9 Å². The zero-order valence-corrected chi connectivity index (χ0v) is 12.0. The topological polar surface area (TPSA) is 74.7 Å². The fraction of sp³-hybridized carbons (Fsp3) is 0.300. The van der Waals surface area contributed by atoms with Gasteiger partial charge in [-0.2, -0.15) is 0 Å². The summed E-state index contributed by atoms with van der Waals surface area (Å²) in [4.78, 5) is 10.2. The molecule has 8 heteroatoms. The molecule has 0 unspecified atom stereocenters. The van der Waals surface area contributed by atoms with E-state index in [2.05, 4.69) is 15.9 Å². The Balaban J connectivity index is 3.57. The van der Waals surface area contributed by atoms with Gasteiger partial charge in [-0.1, -0.05) is 22.9 Å². The maximum Gasteiger partial charge on any atom is 0.338 e. The molecule has 0 bridgehead atoms. The van der Waals surface area contributed by atoms with Crippen LogP contribution in [0.2, 0.25) is 0 Å². The molecule has 0 aliphatic carbocycles. The second-order valence-corrected chi connectivity index (χ2v) is 6.42. The summed E-state index contributed by atoms with van der Waals surface area (Å²) in [6.07, 6.45) is 0. The zero-order chi connectivity index (χ0) is 14.1.